The molecule has 0 amide bonds. The van der Waals surface area contributed by atoms with Crippen molar-refractivity contribution in [3.63, 3.8) is 0 Å². The lowest BCUT2D eigenvalue weighted by atomic mass is 10.1. The summed E-state index contributed by atoms with van der Waals surface area (Å²) in [6, 6.07) is 15.9. The number of fused-ring (bicyclic) bond motifs is 1. The molecular formula is C17H16Cl3NOS. The van der Waals surface area contributed by atoms with Gasteiger partial charge in [0.15, 0.2) is 0 Å². The van der Waals surface area contributed by atoms with Crippen molar-refractivity contribution in [1.82, 2.24) is 5.32 Å². The first kappa shape index (κ1) is 18.4. The van der Waals surface area contributed by atoms with Crippen molar-refractivity contribution in [2.75, 3.05) is 13.2 Å². The summed E-state index contributed by atoms with van der Waals surface area (Å²) < 4.78 is 6.59. The van der Waals surface area contributed by atoms with Crippen LogP contribution in [0.15, 0.2) is 48.5 Å². The monoisotopic (exact) mass is 387 g/mol. The quantitative estimate of drug-likeness (QED) is 0.539. The van der Waals surface area contributed by atoms with Gasteiger partial charge < -0.3 is 10.1 Å². The highest BCUT2D eigenvalue weighted by atomic mass is 35.5. The topological polar surface area (TPSA) is 21.3 Å². The highest BCUT2D eigenvalue weighted by molar-refractivity contribution is 7.16. The Balaban J connectivity index is 0.00000192. The molecular weight excluding hydrogens is 373 g/mol. The molecule has 1 heterocycles. The number of ether oxygens (including phenoxy) is 1. The van der Waals surface area contributed by atoms with E-state index < -0.39 is 0 Å². The average molecular weight is 389 g/mol. The summed E-state index contributed by atoms with van der Waals surface area (Å²) in [5.74, 6) is 0.723. The Kier molecular flexibility index (Phi) is 7.00. The number of hydrogen-bond acceptors (Lipinski definition) is 3. The predicted octanol–water partition coefficient (Wildman–Crippen LogP) is 5.80. The molecule has 3 rings (SSSR count). The molecule has 3 aromatic rings. The third-order valence-corrected chi connectivity index (χ3v) is 4.91. The Morgan fingerprint density at radius 1 is 1.00 bits per heavy atom. The van der Waals surface area contributed by atoms with Crippen molar-refractivity contribution in [3.05, 3.63) is 62.8 Å². The number of nitrogens with one attached hydrogen (secondary N) is 1. The minimum absolute atomic E-state index is 0. The lowest BCUT2D eigenvalue weighted by Gasteiger charge is -2.10. The van der Waals surface area contributed by atoms with Crippen LogP contribution in [0.2, 0.25) is 9.36 Å². The Bertz CT molecular complexity index is 775. The van der Waals surface area contributed by atoms with Crippen LogP contribution >= 0.6 is 46.9 Å². The molecule has 0 aliphatic carbocycles. The van der Waals surface area contributed by atoms with Crippen LogP contribution in [0.1, 0.15) is 4.88 Å². The van der Waals surface area contributed by atoms with Gasteiger partial charge in [-0.15, -0.1) is 23.7 Å². The van der Waals surface area contributed by atoms with Gasteiger partial charge in [0, 0.05) is 23.4 Å². The summed E-state index contributed by atoms with van der Waals surface area (Å²) in [5.41, 5.74) is 0. The van der Waals surface area contributed by atoms with Gasteiger partial charge in [0.1, 0.15) is 12.4 Å². The minimum Gasteiger partial charge on any atom is -0.491 e. The largest absolute Gasteiger partial charge is 0.491 e. The van der Waals surface area contributed by atoms with E-state index in [0.717, 1.165) is 33.9 Å². The normalized spacial score (nSPS) is 10.5. The molecule has 23 heavy (non-hydrogen) atoms. The van der Waals surface area contributed by atoms with Gasteiger partial charge in [-0.05, 0) is 23.6 Å². The van der Waals surface area contributed by atoms with Crippen molar-refractivity contribution in [1.29, 1.82) is 0 Å². The zero-order valence-corrected chi connectivity index (χ0v) is 15.4. The van der Waals surface area contributed by atoms with Gasteiger partial charge in [-0.2, -0.15) is 0 Å². The fourth-order valence-corrected chi connectivity index (χ4v) is 3.56. The fourth-order valence-electron chi connectivity index (χ4n) is 2.22. The maximum absolute atomic E-state index is 6.39. The summed E-state index contributed by atoms with van der Waals surface area (Å²) in [5, 5.41) is 6.13. The van der Waals surface area contributed by atoms with Crippen molar-refractivity contribution in [2.24, 2.45) is 0 Å². The van der Waals surface area contributed by atoms with Gasteiger partial charge in [-0.1, -0.05) is 53.5 Å². The first-order chi connectivity index (χ1) is 10.7. The molecule has 0 saturated carbocycles. The van der Waals surface area contributed by atoms with Gasteiger partial charge in [-0.25, -0.2) is 0 Å². The van der Waals surface area contributed by atoms with Crippen LogP contribution < -0.4 is 10.1 Å². The highest BCUT2D eigenvalue weighted by Crippen LogP contribution is 2.32. The zero-order valence-electron chi connectivity index (χ0n) is 12.2. The van der Waals surface area contributed by atoms with Crippen LogP contribution in [0.4, 0.5) is 0 Å². The Labute approximate surface area is 155 Å². The van der Waals surface area contributed by atoms with E-state index in [0.29, 0.717) is 11.6 Å². The van der Waals surface area contributed by atoms with E-state index >= 15 is 0 Å². The van der Waals surface area contributed by atoms with Gasteiger partial charge in [-0.3, -0.25) is 0 Å². The molecule has 122 valence electrons. The first-order valence-corrected chi connectivity index (χ1v) is 8.56. The molecule has 0 unspecified atom stereocenters. The van der Waals surface area contributed by atoms with Crippen LogP contribution in [-0.2, 0) is 6.54 Å². The summed E-state index contributed by atoms with van der Waals surface area (Å²) in [6.45, 7) is 2.11. The zero-order chi connectivity index (χ0) is 15.4. The molecule has 0 aliphatic heterocycles. The lowest BCUT2D eigenvalue weighted by molar-refractivity contribution is 0.314. The maximum Gasteiger partial charge on any atom is 0.138 e. The molecule has 0 fully saturated rings. The van der Waals surface area contributed by atoms with Crippen LogP contribution in [0.5, 0.6) is 5.75 Å². The predicted molar refractivity (Wildman–Crippen MR) is 103 cm³/mol. The first-order valence-electron chi connectivity index (χ1n) is 6.99. The number of benzene rings is 2. The summed E-state index contributed by atoms with van der Waals surface area (Å²) in [7, 11) is 0. The standard InChI is InChI=1S/C17H15Cl2NOS.ClH/c18-16-8-6-13(22-16)11-20-9-10-21-15-7-5-12-3-1-2-4-14(12)17(15)19;/h1-8,20H,9-11H2;1H. The molecule has 6 heteroatoms. The van der Waals surface area contributed by atoms with Gasteiger partial charge in [0.2, 0.25) is 0 Å². The van der Waals surface area contributed by atoms with E-state index in [9.17, 15) is 0 Å². The van der Waals surface area contributed by atoms with Crippen molar-refractivity contribution < 1.29 is 4.74 Å². The van der Waals surface area contributed by atoms with Gasteiger partial charge >= 0.3 is 0 Å². The Morgan fingerprint density at radius 2 is 1.83 bits per heavy atom. The summed E-state index contributed by atoms with van der Waals surface area (Å²) in [6.07, 6.45) is 0. The summed E-state index contributed by atoms with van der Waals surface area (Å²) >= 11 is 13.9. The van der Waals surface area contributed by atoms with Crippen molar-refractivity contribution in [3.8, 4) is 5.75 Å². The number of hydrogen-bond donors (Lipinski definition) is 1. The van der Waals surface area contributed by atoms with Crippen molar-refractivity contribution >= 4 is 57.7 Å². The van der Waals surface area contributed by atoms with Gasteiger partial charge in [0.05, 0.1) is 9.36 Å². The maximum atomic E-state index is 6.39. The third-order valence-electron chi connectivity index (χ3n) is 3.29. The van der Waals surface area contributed by atoms with Crippen molar-refractivity contribution in [2.45, 2.75) is 6.54 Å². The van der Waals surface area contributed by atoms with E-state index in [1.54, 1.807) is 11.3 Å². The van der Waals surface area contributed by atoms with Crippen LogP contribution in [0, 0.1) is 0 Å². The smallest absolute Gasteiger partial charge is 0.138 e. The highest BCUT2D eigenvalue weighted by Gasteiger charge is 2.06. The molecule has 0 radical (unpaired) electrons. The molecule has 2 nitrogen and oxygen atoms in total. The molecule has 0 saturated heterocycles. The number of rotatable bonds is 6. The molecule has 0 aliphatic rings. The lowest BCUT2D eigenvalue weighted by Crippen LogP contribution is -2.20. The Hall–Kier alpha value is -0.970. The van der Waals surface area contributed by atoms with E-state index in [2.05, 4.69) is 5.32 Å². The van der Waals surface area contributed by atoms with Gasteiger partial charge in [0.25, 0.3) is 0 Å². The third kappa shape index (κ3) is 4.75. The summed E-state index contributed by atoms with van der Waals surface area (Å²) in [4.78, 5) is 1.22. The molecule has 0 atom stereocenters. The van der Waals surface area contributed by atoms with E-state index in [4.69, 9.17) is 27.9 Å². The number of halogens is 3. The van der Waals surface area contributed by atoms with E-state index in [1.165, 1.54) is 4.88 Å². The molecule has 0 bridgehead atoms. The molecule has 0 spiro atoms. The second-order valence-corrected chi connectivity index (χ2v) is 7.01. The van der Waals surface area contributed by atoms with Crippen LogP contribution in [-0.4, -0.2) is 13.2 Å². The van der Waals surface area contributed by atoms with E-state index in [-0.39, 0.29) is 12.4 Å². The second kappa shape index (κ2) is 8.76. The van der Waals surface area contributed by atoms with E-state index in [1.807, 2.05) is 48.5 Å². The second-order valence-electron chi connectivity index (χ2n) is 4.83. The van der Waals surface area contributed by atoms with Crippen LogP contribution in [0.25, 0.3) is 10.8 Å². The fraction of sp³-hybridized carbons (Fsp3) is 0.176. The molecule has 2 aromatic carbocycles. The SMILES string of the molecule is Cl.Clc1ccc(CNCCOc2ccc3ccccc3c2Cl)s1. The number of thiophene rings is 1. The Morgan fingerprint density at radius 3 is 2.61 bits per heavy atom. The average Bonchev–Trinajstić information content (AvgIpc) is 2.95. The van der Waals surface area contributed by atoms with Crippen LogP contribution in [0.3, 0.4) is 0 Å². The minimum atomic E-state index is 0. The molecule has 1 aromatic heterocycles. The molecule has 1 N–H and O–H groups in total.